The Kier molecular flexibility index (Phi) is 6.67. The summed E-state index contributed by atoms with van der Waals surface area (Å²) in [6, 6.07) is 4.52. The molecule has 28 heavy (non-hydrogen) atoms. The average Bonchev–Trinajstić information content (AvgIpc) is 2.72. The highest BCUT2D eigenvalue weighted by atomic mass is 19.1. The number of nitrogens with zero attached hydrogens (tertiary/aromatic N) is 4. The number of rotatable bonds is 5. The number of hydrogen-bond acceptors (Lipinski definition) is 5. The van der Waals surface area contributed by atoms with Crippen LogP contribution >= 0.6 is 0 Å². The molecule has 6 nitrogen and oxygen atoms in total. The molecule has 0 bridgehead atoms. The summed E-state index contributed by atoms with van der Waals surface area (Å²) >= 11 is 0. The number of carbonyl (C=O) groups is 2. The van der Waals surface area contributed by atoms with Gasteiger partial charge in [-0.25, -0.2) is 4.39 Å². The molecule has 0 aromatic heterocycles. The monoisotopic (exact) mass is 390 g/mol. The van der Waals surface area contributed by atoms with Crippen LogP contribution in [-0.4, -0.2) is 91.3 Å². The van der Waals surface area contributed by atoms with Gasteiger partial charge in [0.2, 0.25) is 5.91 Å². The fourth-order valence-corrected chi connectivity index (χ4v) is 4.04. The third kappa shape index (κ3) is 4.52. The maximum absolute atomic E-state index is 14.4. The fourth-order valence-electron chi connectivity index (χ4n) is 4.04. The molecule has 1 aromatic rings. The lowest BCUT2D eigenvalue weighted by molar-refractivity contribution is -0.138. The maximum atomic E-state index is 14.4. The molecule has 1 amide bonds. The number of Topliss-reactive ketones (excluding diaryl/α,β-unsaturated/α-hetero) is 1. The SMILES string of the molecule is CCN1CCN(C(=O)[C@H](C)N2CCN(c3ccc(C(C)=O)cc3F)CC2)CC1. The lowest BCUT2D eigenvalue weighted by Crippen LogP contribution is -2.57. The van der Waals surface area contributed by atoms with E-state index in [1.54, 1.807) is 12.1 Å². The van der Waals surface area contributed by atoms with E-state index in [-0.39, 0.29) is 23.5 Å². The van der Waals surface area contributed by atoms with Gasteiger partial charge in [-0.2, -0.15) is 0 Å². The molecule has 1 atom stereocenters. The minimum atomic E-state index is -0.362. The summed E-state index contributed by atoms with van der Waals surface area (Å²) < 4.78 is 14.4. The van der Waals surface area contributed by atoms with Crippen molar-refractivity contribution in [1.82, 2.24) is 14.7 Å². The zero-order chi connectivity index (χ0) is 20.3. The van der Waals surface area contributed by atoms with Crippen LogP contribution in [0, 0.1) is 5.82 Å². The molecule has 0 N–H and O–H groups in total. The van der Waals surface area contributed by atoms with Crippen LogP contribution in [0.4, 0.5) is 10.1 Å². The zero-order valence-corrected chi connectivity index (χ0v) is 17.2. The second kappa shape index (κ2) is 9.01. The van der Waals surface area contributed by atoms with Crippen molar-refractivity contribution in [3.8, 4) is 0 Å². The number of hydrogen-bond donors (Lipinski definition) is 0. The molecule has 0 spiro atoms. The summed E-state index contributed by atoms with van der Waals surface area (Å²) in [5.41, 5.74) is 0.918. The number of amides is 1. The molecule has 0 radical (unpaired) electrons. The molecule has 2 heterocycles. The number of anilines is 1. The van der Waals surface area contributed by atoms with Gasteiger partial charge in [0.1, 0.15) is 5.82 Å². The topological polar surface area (TPSA) is 47.1 Å². The minimum absolute atomic E-state index is 0.137. The lowest BCUT2D eigenvalue weighted by atomic mass is 10.1. The van der Waals surface area contributed by atoms with Crippen molar-refractivity contribution >= 4 is 17.4 Å². The van der Waals surface area contributed by atoms with E-state index < -0.39 is 0 Å². The molecule has 7 heteroatoms. The summed E-state index contributed by atoms with van der Waals surface area (Å²) in [4.78, 5) is 32.8. The Bertz CT molecular complexity index is 710. The highest BCUT2D eigenvalue weighted by Gasteiger charge is 2.30. The number of carbonyl (C=O) groups excluding carboxylic acids is 2. The maximum Gasteiger partial charge on any atom is 0.239 e. The largest absolute Gasteiger partial charge is 0.367 e. The van der Waals surface area contributed by atoms with Crippen LogP contribution in [0.15, 0.2) is 18.2 Å². The van der Waals surface area contributed by atoms with Crippen LogP contribution in [0.1, 0.15) is 31.1 Å². The molecular weight excluding hydrogens is 359 g/mol. The van der Waals surface area contributed by atoms with E-state index in [2.05, 4.69) is 16.7 Å². The number of piperazine rings is 2. The molecule has 0 saturated carbocycles. The predicted octanol–water partition coefficient (Wildman–Crippen LogP) is 1.70. The molecule has 1 aromatic carbocycles. The fraction of sp³-hybridized carbons (Fsp3) is 0.619. The van der Waals surface area contributed by atoms with Crippen molar-refractivity contribution < 1.29 is 14.0 Å². The first-order valence-electron chi connectivity index (χ1n) is 10.2. The Hall–Kier alpha value is -1.99. The summed E-state index contributed by atoms with van der Waals surface area (Å²) in [6.07, 6.45) is 0. The van der Waals surface area contributed by atoms with Gasteiger partial charge >= 0.3 is 0 Å². The third-order valence-corrected chi connectivity index (χ3v) is 6.05. The summed E-state index contributed by atoms with van der Waals surface area (Å²) in [5.74, 6) is -0.303. The van der Waals surface area contributed by atoms with Crippen molar-refractivity contribution in [1.29, 1.82) is 0 Å². The first kappa shape index (κ1) is 20.7. The van der Waals surface area contributed by atoms with Crippen molar-refractivity contribution in [2.45, 2.75) is 26.8 Å². The molecule has 0 aliphatic carbocycles. The van der Waals surface area contributed by atoms with Gasteiger partial charge in [0.25, 0.3) is 0 Å². The standard InChI is InChI=1S/C21H31FN4O2/c1-4-23-7-9-26(10-8-23)21(28)16(2)24-11-13-25(14-12-24)20-6-5-18(17(3)27)15-19(20)22/h5-6,15-16H,4,7-14H2,1-3H3/t16-/m0/s1. The van der Waals surface area contributed by atoms with Gasteiger partial charge in [-0.15, -0.1) is 0 Å². The number of likely N-dealkylation sites (N-methyl/N-ethyl adjacent to an activating group) is 1. The van der Waals surface area contributed by atoms with Gasteiger partial charge in [-0.05, 0) is 38.6 Å². The van der Waals surface area contributed by atoms with E-state index in [9.17, 15) is 14.0 Å². The lowest BCUT2D eigenvalue weighted by Gasteiger charge is -2.41. The van der Waals surface area contributed by atoms with Crippen molar-refractivity contribution in [2.75, 3.05) is 63.8 Å². The third-order valence-electron chi connectivity index (χ3n) is 6.05. The molecule has 154 valence electrons. The van der Waals surface area contributed by atoms with Gasteiger partial charge < -0.3 is 14.7 Å². The Balaban J connectivity index is 1.55. The van der Waals surface area contributed by atoms with Gasteiger partial charge in [0, 0.05) is 57.9 Å². The zero-order valence-electron chi connectivity index (χ0n) is 17.2. The van der Waals surface area contributed by atoms with E-state index >= 15 is 0 Å². The molecular formula is C21H31FN4O2. The quantitative estimate of drug-likeness (QED) is 0.717. The van der Waals surface area contributed by atoms with Crippen LogP contribution in [0.5, 0.6) is 0 Å². The molecule has 2 aliphatic rings. The summed E-state index contributed by atoms with van der Waals surface area (Å²) in [6.45, 7) is 12.8. The van der Waals surface area contributed by atoms with Gasteiger partial charge in [0.15, 0.2) is 5.78 Å². The van der Waals surface area contributed by atoms with Crippen molar-refractivity contribution in [3.63, 3.8) is 0 Å². The Morgan fingerprint density at radius 2 is 1.68 bits per heavy atom. The second-order valence-corrected chi connectivity index (χ2v) is 7.68. The normalized spacial score (nSPS) is 20.3. The highest BCUT2D eigenvalue weighted by molar-refractivity contribution is 5.94. The molecule has 2 saturated heterocycles. The Labute approximate surface area is 166 Å². The number of benzene rings is 1. The minimum Gasteiger partial charge on any atom is -0.367 e. The number of ketones is 1. The van der Waals surface area contributed by atoms with E-state index in [0.717, 1.165) is 45.8 Å². The molecule has 0 unspecified atom stereocenters. The van der Waals surface area contributed by atoms with Crippen LogP contribution in [0.3, 0.4) is 0 Å². The van der Waals surface area contributed by atoms with Gasteiger partial charge in [-0.3, -0.25) is 14.5 Å². The van der Waals surface area contributed by atoms with E-state index in [4.69, 9.17) is 0 Å². The molecule has 3 rings (SSSR count). The van der Waals surface area contributed by atoms with Gasteiger partial charge in [0.05, 0.1) is 11.7 Å². The predicted molar refractivity (Wildman–Crippen MR) is 108 cm³/mol. The smallest absolute Gasteiger partial charge is 0.239 e. The Morgan fingerprint density at radius 3 is 2.21 bits per heavy atom. The Morgan fingerprint density at radius 1 is 1.04 bits per heavy atom. The molecule has 2 fully saturated rings. The van der Waals surface area contributed by atoms with Crippen LogP contribution in [-0.2, 0) is 4.79 Å². The van der Waals surface area contributed by atoms with E-state index in [1.165, 1.54) is 13.0 Å². The number of halogens is 1. The van der Waals surface area contributed by atoms with E-state index in [1.807, 2.05) is 16.7 Å². The summed E-state index contributed by atoms with van der Waals surface area (Å²) in [7, 11) is 0. The highest BCUT2D eigenvalue weighted by Crippen LogP contribution is 2.23. The van der Waals surface area contributed by atoms with Crippen LogP contribution in [0.25, 0.3) is 0 Å². The van der Waals surface area contributed by atoms with Gasteiger partial charge in [-0.1, -0.05) is 6.92 Å². The van der Waals surface area contributed by atoms with Crippen molar-refractivity contribution in [2.24, 2.45) is 0 Å². The van der Waals surface area contributed by atoms with Crippen molar-refractivity contribution in [3.05, 3.63) is 29.6 Å². The average molecular weight is 391 g/mol. The first-order chi connectivity index (χ1) is 13.4. The first-order valence-corrected chi connectivity index (χ1v) is 10.2. The molecule has 2 aliphatic heterocycles. The van der Waals surface area contributed by atoms with Crippen LogP contribution < -0.4 is 4.90 Å². The summed E-state index contributed by atoms with van der Waals surface area (Å²) in [5, 5.41) is 0. The van der Waals surface area contributed by atoms with E-state index in [0.29, 0.717) is 24.3 Å². The second-order valence-electron chi connectivity index (χ2n) is 7.68. The van der Waals surface area contributed by atoms with Crippen LogP contribution in [0.2, 0.25) is 0 Å².